The molecule has 1 unspecified atom stereocenters. The average Bonchev–Trinajstić information content (AvgIpc) is 2.90. The number of ether oxygens (including phenoxy) is 2. The number of hydrogen-bond acceptors (Lipinski definition) is 3. The summed E-state index contributed by atoms with van der Waals surface area (Å²) in [6, 6.07) is 8.36. The fourth-order valence-electron chi connectivity index (χ4n) is 4.51. The molecule has 0 radical (unpaired) electrons. The van der Waals surface area contributed by atoms with Gasteiger partial charge in [-0.25, -0.2) is 0 Å². The average molecular weight is 519 g/mol. The molecule has 0 aliphatic carbocycles. The highest BCUT2D eigenvalue weighted by Gasteiger charge is 2.07. The van der Waals surface area contributed by atoms with Crippen molar-refractivity contribution in [1.29, 1.82) is 0 Å². The van der Waals surface area contributed by atoms with Crippen LogP contribution in [0.15, 0.2) is 24.3 Å². The summed E-state index contributed by atoms with van der Waals surface area (Å²) in [5.74, 6) is -0.00283. The Bertz CT molecular complexity index is 592. The third-order valence-electron chi connectivity index (χ3n) is 7.31. The Balaban J connectivity index is 0.00000136. The Kier molecular flexibility index (Phi) is 26.7. The summed E-state index contributed by atoms with van der Waals surface area (Å²) in [6.07, 6.45) is 24.8. The van der Waals surface area contributed by atoms with E-state index in [1.807, 2.05) is 7.11 Å². The van der Waals surface area contributed by atoms with E-state index in [9.17, 15) is 4.79 Å². The fraction of sp³-hybridized carbons (Fsp3) is 0.794. The van der Waals surface area contributed by atoms with E-state index in [1.54, 1.807) is 0 Å². The predicted octanol–water partition coefficient (Wildman–Crippen LogP) is 10.7. The molecule has 0 bridgehead atoms. The van der Waals surface area contributed by atoms with E-state index < -0.39 is 0 Å². The topological polar surface area (TPSA) is 35.5 Å². The summed E-state index contributed by atoms with van der Waals surface area (Å²) in [6.45, 7) is 9.35. The molecule has 3 nitrogen and oxygen atoms in total. The summed E-state index contributed by atoms with van der Waals surface area (Å²) >= 11 is 0. The van der Waals surface area contributed by atoms with E-state index in [4.69, 9.17) is 9.47 Å². The van der Waals surface area contributed by atoms with Gasteiger partial charge >= 0.3 is 5.97 Å². The third-order valence-corrected chi connectivity index (χ3v) is 7.31. The molecule has 0 heterocycles. The number of aryl methyl sites for hydroxylation is 2. The van der Waals surface area contributed by atoms with Gasteiger partial charge in [-0.1, -0.05) is 134 Å². The largest absolute Gasteiger partial charge is 0.466 e. The van der Waals surface area contributed by atoms with E-state index in [0.29, 0.717) is 19.1 Å². The van der Waals surface area contributed by atoms with Gasteiger partial charge in [-0.15, -0.1) is 0 Å². The van der Waals surface area contributed by atoms with Gasteiger partial charge in [-0.05, 0) is 50.7 Å². The normalized spacial score (nSPS) is 11.6. The summed E-state index contributed by atoms with van der Waals surface area (Å²) in [7, 11) is 1.86. The van der Waals surface area contributed by atoms with Crippen LogP contribution >= 0.6 is 0 Å². The van der Waals surface area contributed by atoms with Crippen LogP contribution in [-0.2, 0) is 14.3 Å². The van der Waals surface area contributed by atoms with Gasteiger partial charge in [0.2, 0.25) is 0 Å². The molecule has 0 saturated carbocycles. The number of hydrogen-bond donors (Lipinski definition) is 0. The van der Waals surface area contributed by atoms with E-state index >= 15 is 0 Å². The van der Waals surface area contributed by atoms with Gasteiger partial charge in [0.25, 0.3) is 0 Å². The number of carbonyl (C=O) groups is 1. The molecule has 0 amide bonds. The first-order chi connectivity index (χ1) is 18.0. The van der Waals surface area contributed by atoms with E-state index in [1.165, 1.54) is 114 Å². The summed E-state index contributed by atoms with van der Waals surface area (Å²) in [5, 5.41) is 0. The molecular weight excluding hydrogens is 456 g/mol. The van der Waals surface area contributed by atoms with Gasteiger partial charge in [0, 0.05) is 13.5 Å². The van der Waals surface area contributed by atoms with Crippen molar-refractivity contribution in [1.82, 2.24) is 0 Å². The number of benzene rings is 1. The highest BCUT2D eigenvalue weighted by molar-refractivity contribution is 5.69. The van der Waals surface area contributed by atoms with E-state index in [2.05, 4.69) is 52.0 Å². The lowest BCUT2D eigenvalue weighted by Crippen LogP contribution is -2.10. The number of rotatable bonds is 23. The first-order valence-corrected chi connectivity index (χ1v) is 15.8. The van der Waals surface area contributed by atoms with Crippen LogP contribution in [-0.4, -0.2) is 25.8 Å². The Morgan fingerprint density at radius 2 is 1.08 bits per heavy atom. The molecule has 0 N–H and O–H groups in total. The van der Waals surface area contributed by atoms with Crippen LogP contribution in [0.2, 0.25) is 0 Å². The molecule has 37 heavy (non-hydrogen) atoms. The predicted molar refractivity (Wildman–Crippen MR) is 161 cm³/mol. The number of esters is 1. The Hall–Kier alpha value is -1.35. The van der Waals surface area contributed by atoms with Crippen molar-refractivity contribution in [3.63, 3.8) is 0 Å². The zero-order valence-corrected chi connectivity index (χ0v) is 25.5. The molecular formula is C34H62O3. The van der Waals surface area contributed by atoms with E-state index in [-0.39, 0.29) is 5.97 Å². The van der Waals surface area contributed by atoms with Gasteiger partial charge in [0.05, 0.1) is 12.7 Å². The Morgan fingerprint density at radius 3 is 1.54 bits per heavy atom. The van der Waals surface area contributed by atoms with Crippen molar-refractivity contribution in [2.24, 2.45) is 0 Å². The van der Waals surface area contributed by atoms with Gasteiger partial charge < -0.3 is 9.47 Å². The van der Waals surface area contributed by atoms with Crippen molar-refractivity contribution < 1.29 is 14.3 Å². The van der Waals surface area contributed by atoms with Crippen LogP contribution in [0.1, 0.15) is 153 Å². The van der Waals surface area contributed by atoms with Gasteiger partial charge in [0.1, 0.15) is 0 Å². The lowest BCUT2D eigenvalue weighted by molar-refractivity contribution is -0.143. The number of methoxy groups -OCH3 is 1. The number of unbranched alkanes of at least 4 members (excludes halogenated alkanes) is 14. The van der Waals surface area contributed by atoms with Crippen LogP contribution in [0.4, 0.5) is 0 Å². The molecule has 0 spiro atoms. The molecule has 0 aromatic heterocycles. The maximum Gasteiger partial charge on any atom is 0.305 e. The maximum absolute atomic E-state index is 11.7. The Labute approximate surface area is 231 Å². The van der Waals surface area contributed by atoms with Crippen molar-refractivity contribution in [3.05, 3.63) is 35.4 Å². The standard InChI is InChI=1S/C26H52O3.C8H10/c1-4-6-8-10-13-17-21-25(28-3)22-18-14-12-15-19-23-26(27)29-24-20-16-11-9-7-5-2;1-7-5-3-4-6-8(7)2/h25H,4-24H2,1-3H3;3-6H,1-2H3. The van der Waals surface area contributed by atoms with Crippen LogP contribution in [0.25, 0.3) is 0 Å². The smallest absolute Gasteiger partial charge is 0.305 e. The number of carbonyl (C=O) groups excluding carboxylic acids is 1. The van der Waals surface area contributed by atoms with Gasteiger partial charge in [-0.2, -0.15) is 0 Å². The van der Waals surface area contributed by atoms with Crippen molar-refractivity contribution in [2.75, 3.05) is 13.7 Å². The minimum atomic E-state index is -0.00283. The summed E-state index contributed by atoms with van der Waals surface area (Å²) < 4.78 is 11.0. The van der Waals surface area contributed by atoms with Gasteiger partial charge in [-0.3, -0.25) is 4.79 Å². The minimum Gasteiger partial charge on any atom is -0.466 e. The van der Waals surface area contributed by atoms with Crippen LogP contribution in [0.3, 0.4) is 0 Å². The monoisotopic (exact) mass is 518 g/mol. The highest BCUT2D eigenvalue weighted by atomic mass is 16.5. The lowest BCUT2D eigenvalue weighted by Gasteiger charge is -2.15. The zero-order chi connectivity index (χ0) is 27.4. The third kappa shape index (κ3) is 24.7. The molecule has 1 aromatic rings. The SMILES string of the molecule is CCCCCCCCOC(=O)CCCCCCCC(CCCCCCCC)OC.Cc1ccccc1C. The second kappa shape index (κ2) is 27.7. The highest BCUT2D eigenvalue weighted by Crippen LogP contribution is 2.16. The molecule has 0 aliphatic heterocycles. The first kappa shape index (κ1) is 35.6. The van der Waals surface area contributed by atoms with Gasteiger partial charge in [0.15, 0.2) is 0 Å². The van der Waals surface area contributed by atoms with Crippen molar-refractivity contribution >= 4 is 5.97 Å². The first-order valence-electron chi connectivity index (χ1n) is 15.8. The van der Waals surface area contributed by atoms with Crippen LogP contribution in [0.5, 0.6) is 0 Å². The summed E-state index contributed by atoms with van der Waals surface area (Å²) in [5.41, 5.74) is 2.74. The fourth-order valence-corrected chi connectivity index (χ4v) is 4.51. The molecule has 1 rings (SSSR count). The van der Waals surface area contributed by atoms with E-state index in [0.717, 1.165) is 19.3 Å². The Morgan fingerprint density at radius 1 is 0.649 bits per heavy atom. The molecule has 1 atom stereocenters. The van der Waals surface area contributed by atoms with Crippen LogP contribution in [0, 0.1) is 13.8 Å². The maximum atomic E-state index is 11.7. The second-order valence-corrected chi connectivity index (χ2v) is 10.8. The molecule has 3 heteroatoms. The molecule has 0 fully saturated rings. The molecule has 216 valence electrons. The quantitative estimate of drug-likeness (QED) is 0.107. The van der Waals surface area contributed by atoms with Crippen molar-refractivity contribution in [2.45, 2.75) is 162 Å². The van der Waals surface area contributed by atoms with Crippen molar-refractivity contribution in [3.8, 4) is 0 Å². The minimum absolute atomic E-state index is 0.00283. The molecule has 1 aromatic carbocycles. The van der Waals surface area contributed by atoms with Crippen LogP contribution < -0.4 is 0 Å². The lowest BCUT2D eigenvalue weighted by atomic mass is 10.0. The molecule has 0 saturated heterocycles. The summed E-state index contributed by atoms with van der Waals surface area (Å²) in [4.78, 5) is 11.7. The zero-order valence-electron chi connectivity index (χ0n) is 25.5. The molecule has 0 aliphatic rings. The second-order valence-electron chi connectivity index (χ2n) is 10.8.